The predicted octanol–water partition coefficient (Wildman–Crippen LogP) is 5.81. The molecule has 0 bridgehead atoms. The predicted molar refractivity (Wildman–Crippen MR) is 113 cm³/mol. The number of halogens is 3. The minimum absolute atomic E-state index is 0.130. The molecule has 1 aromatic carbocycles. The fourth-order valence-electron chi connectivity index (χ4n) is 3.22. The molecular weight excluding hydrogens is 400 g/mol. The number of hydrogen-bond donors (Lipinski definition) is 0. The van der Waals surface area contributed by atoms with Gasteiger partial charge in [-0.1, -0.05) is 61.5 Å². The molecule has 28 heavy (non-hydrogen) atoms. The summed E-state index contributed by atoms with van der Waals surface area (Å²) in [6.45, 7) is 7.31. The Morgan fingerprint density at radius 3 is 2.75 bits per heavy atom. The average Bonchev–Trinajstić information content (AvgIpc) is 3.12. The number of unbranched alkanes of at least 4 members (excludes halogenated alkanes) is 3. The number of anilines is 1. The Morgan fingerprint density at radius 2 is 2.04 bits per heavy atom. The van der Waals surface area contributed by atoms with Gasteiger partial charge in [0.25, 0.3) is 5.78 Å². The fraction of sp³-hybridized carbons (Fsp3) is 0.350. The molecule has 3 rings (SSSR count). The highest BCUT2D eigenvalue weighted by molar-refractivity contribution is 6.36. The highest BCUT2D eigenvalue weighted by Crippen LogP contribution is 2.41. The van der Waals surface area contributed by atoms with Crippen LogP contribution in [0.4, 0.5) is 10.2 Å². The molecule has 8 heteroatoms. The number of aromatic nitrogens is 4. The Hall–Kier alpha value is -2.18. The van der Waals surface area contributed by atoms with Crippen molar-refractivity contribution in [3.63, 3.8) is 0 Å². The molecule has 2 heterocycles. The second-order valence-electron chi connectivity index (χ2n) is 6.47. The molecule has 148 valence electrons. The molecule has 0 atom stereocenters. The van der Waals surface area contributed by atoms with Crippen molar-refractivity contribution in [2.24, 2.45) is 0 Å². The van der Waals surface area contributed by atoms with E-state index < -0.39 is 5.82 Å². The zero-order valence-electron chi connectivity index (χ0n) is 15.7. The Labute approximate surface area is 173 Å². The first kappa shape index (κ1) is 20.6. The summed E-state index contributed by atoms with van der Waals surface area (Å²) in [5, 5.41) is 4.68. The summed E-state index contributed by atoms with van der Waals surface area (Å²) in [6.07, 6.45) is 7.57. The number of hydrogen-bond acceptors (Lipinski definition) is 4. The van der Waals surface area contributed by atoms with Crippen LogP contribution in [-0.4, -0.2) is 32.7 Å². The standard InChI is InChI=1S/C20H22Cl2FN5/c1-3-5-6-7-12-27(11-4-2)19-17(16-14(21)9-8-10-15(16)23)18(22)26-20-24-13-25-28(19)20/h4,8-10,13H,2-3,5-7,11-12H2,1H3. The van der Waals surface area contributed by atoms with Crippen LogP contribution in [0.15, 0.2) is 37.2 Å². The Balaban J connectivity index is 2.20. The SMILES string of the molecule is C=CCN(CCCCCC)c1c(-c2c(F)cccc2Cl)c(Cl)nc2ncnn12. The molecule has 5 nitrogen and oxygen atoms in total. The fourth-order valence-corrected chi connectivity index (χ4v) is 3.73. The lowest BCUT2D eigenvalue weighted by Crippen LogP contribution is -2.28. The van der Waals surface area contributed by atoms with E-state index in [0.717, 1.165) is 32.2 Å². The van der Waals surface area contributed by atoms with Crippen LogP contribution in [0.3, 0.4) is 0 Å². The maximum Gasteiger partial charge on any atom is 0.255 e. The number of rotatable bonds is 9. The third-order valence-electron chi connectivity index (χ3n) is 4.50. The first-order valence-corrected chi connectivity index (χ1v) is 10.0. The lowest BCUT2D eigenvalue weighted by molar-refractivity contribution is 0.630. The summed E-state index contributed by atoms with van der Waals surface area (Å²) >= 11 is 12.9. The average molecular weight is 422 g/mol. The van der Waals surface area contributed by atoms with Crippen LogP contribution in [-0.2, 0) is 0 Å². The zero-order chi connectivity index (χ0) is 20.1. The van der Waals surface area contributed by atoms with E-state index in [4.69, 9.17) is 23.2 Å². The minimum atomic E-state index is -0.471. The maximum atomic E-state index is 14.8. The number of nitrogens with zero attached hydrogens (tertiary/aromatic N) is 5. The second-order valence-corrected chi connectivity index (χ2v) is 7.23. The van der Waals surface area contributed by atoms with E-state index in [-0.39, 0.29) is 15.7 Å². The van der Waals surface area contributed by atoms with E-state index in [1.165, 1.54) is 12.4 Å². The van der Waals surface area contributed by atoms with Crippen LogP contribution in [0.25, 0.3) is 16.9 Å². The van der Waals surface area contributed by atoms with E-state index in [9.17, 15) is 4.39 Å². The minimum Gasteiger partial charge on any atom is -0.352 e. The zero-order valence-corrected chi connectivity index (χ0v) is 17.2. The summed E-state index contributed by atoms with van der Waals surface area (Å²) in [5.74, 6) is 0.483. The van der Waals surface area contributed by atoms with Crippen LogP contribution >= 0.6 is 23.2 Å². The molecule has 0 aliphatic carbocycles. The molecule has 0 radical (unpaired) electrons. The molecule has 0 unspecified atom stereocenters. The highest BCUT2D eigenvalue weighted by Gasteiger charge is 2.25. The molecule has 0 saturated carbocycles. The molecule has 0 aliphatic rings. The monoisotopic (exact) mass is 421 g/mol. The molecule has 2 aromatic heterocycles. The highest BCUT2D eigenvalue weighted by atomic mass is 35.5. The molecule has 0 saturated heterocycles. The summed E-state index contributed by atoms with van der Waals surface area (Å²) in [6, 6.07) is 4.54. The number of benzene rings is 1. The quantitative estimate of drug-likeness (QED) is 0.248. The van der Waals surface area contributed by atoms with Gasteiger partial charge in [0.05, 0.1) is 10.6 Å². The van der Waals surface area contributed by atoms with Gasteiger partial charge in [-0.25, -0.2) is 4.39 Å². The molecule has 0 spiro atoms. The van der Waals surface area contributed by atoms with Crippen molar-refractivity contribution < 1.29 is 4.39 Å². The van der Waals surface area contributed by atoms with Gasteiger partial charge in [0.1, 0.15) is 23.1 Å². The van der Waals surface area contributed by atoms with Gasteiger partial charge >= 0.3 is 0 Å². The van der Waals surface area contributed by atoms with Crippen molar-refractivity contribution in [2.45, 2.75) is 32.6 Å². The van der Waals surface area contributed by atoms with Crippen molar-refractivity contribution >= 4 is 34.8 Å². The molecule has 0 amide bonds. The molecule has 0 fully saturated rings. The van der Waals surface area contributed by atoms with Gasteiger partial charge in [-0.05, 0) is 18.6 Å². The van der Waals surface area contributed by atoms with Crippen molar-refractivity contribution in [1.29, 1.82) is 0 Å². The van der Waals surface area contributed by atoms with E-state index in [1.807, 2.05) is 0 Å². The van der Waals surface area contributed by atoms with Crippen LogP contribution in [0, 0.1) is 5.82 Å². The van der Waals surface area contributed by atoms with Gasteiger partial charge in [-0.15, -0.1) is 6.58 Å². The van der Waals surface area contributed by atoms with Gasteiger partial charge in [-0.2, -0.15) is 19.6 Å². The molecular formula is C20H22Cl2FN5. The lowest BCUT2D eigenvalue weighted by Gasteiger charge is -2.27. The smallest absolute Gasteiger partial charge is 0.255 e. The number of fused-ring (bicyclic) bond motifs is 1. The van der Waals surface area contributed by atoms with Gasteiger partial charge in [0.2, 0.25) is 0 Å². The Kier molecular flexibility index (Phi) is 6.86. The van der Waals surface area contributed by atoms with Gasteiger partial charge in [0, 0.05) is 18.7 Å². The van der Waals surface area contributed by atoms with E-state index >= 15 is 0 Å². The van der Waals surface area contributed by atoms with Crippen LogP contribution in [0.1, 0.15) is 32.6 Å². The summed E-state index contributed by atoms with van der Waals surface area (Å²) in [7, 11) is 0. The largest absolute Gasteiger partial charge is 0.352 e. The summed E-state index contributed by atoms with van der Waals surface area (Å²) < 4.78 is 16.3. The first-order valence-electron chi connectivity index (χ1n) is 9.28. The normalized spacial score (nSPS) is 11.1. The van der Waals surface area contributed by atoms with Crippen molar-refractivity contribution in [3.8, 4) is 11.1 Å². The van der Waals surface area contributed by atoms with E-state index in [2.05, 4.69) is 33.5 Å². The Bertz CT molecular complexity index is 952. The second kappa shape index (κ2) is 9.34. The van der Waals surface area contributed by atoms with Crippen LogP contribution in [0.2, 0.25) is 10.2 Å². The lowest BCUT2D eigenvalue weighted by atomic mass is 10.1. The van der Waals surface area contributed by atoms with Crippen molar-refractivity contribution in [2.75, 3.05) is 18.0 Å². The topological polar surface area (TPSA) is 46.3 Å². The molecule has 0 aliphatic heterocycles. The third-order valence-corrected chi connectivity index (χ3v) is 5.09. The molecule has 0 N–H and O–H groups in total. The molecule has 3 aromatic rings. The van der Waals surface area contributed by atoms with Crippen molar-refractivity contribution in [1.82, 2.24) is 19.6 Å². The first-order chi connectivity index (χ1) is 13.6. The van der Waals surface area contributed by atoms with Gasteiger partial charge in [-0.3, -0.25) is 0 Å². The summed E-state index contributed by atoms with van der Waals surface area (Å²) in [4.78, 5) is 10.5. The maximum absolute atomic E-state index is 14.8. The van der Waals surface area contributed by atoms with E-state index in [0.29, 0.717) is 23.7 Å². The van der Waals surface area contributed by atoms with Crippen LogP contribution in [0.5, 0.6) is 0 Å². The van der Waals surface area contributed by atoms with Gasteiger partial charge in [0.15, 0.2) is 0 Å². The van der Waals surface area contributed by atoms with Gasteiger partial charge < -0.3 is 4.90 Å². The van der Waals surface area contributed by atoms with Crippen LogP contribution < -0.4 is 4.90 Å². The third kappa shape index (κ3) is 4.13. The summed E-state index contributed by atoms with van der Waals surface area (Å²) in [5.41, 5.74) is 0.608. The Morgan fingerprint density at radius 1 is 1.21 bits per heavy atom. The van der Waals surface area contributed by atoms with Crippen molar-refractivity contribution in [3.05, 3.63) is 53.2 Å². The van der Waals surface area contributed by atoms with E-state index in [1.54, 1.807) is 22.7 Å².